The maximum atomic E-state index is 12.9. The molecule has 0 bridgehead atoms. The highest BCUT2D eigenvalue weighted by molar-refractivity contribution is 7.90. The topological polar surface area (TPSA) is 110 Å². The van der Waals surface area contributed by atoms with Crippen LogP contribution in [-0.4, -0.2) is 44.2 Å². The Labute approximate surface area is 173 Å². The Morgan fingerprint density at radius 2 is 1.90 bits per heavy atom. The lowest BCUT2D eigenvalue weighted by Crippen LogP contribution is -2.52. The summed E-state index contributed by atoms with van der Waals surface area (Å²) in [7, 11) is -2.28. The Hall–Kier alpha value is -3.20. The molecule has 2 aliphatic rings. The lowest BCUT2D eigenvalue weighted by atomic mass is 10.0. The van der Waals surface area contributed by atoms with E-state index in [0.717, 1.165) is 5.56 Å². The van der Waals surface area contributed by atoms with Gasteiger partial charge in [-0.3, -0.25) is 19.7 Å². The Balaban J connectivity index is 1.58. The number of amides is 3. The zero-order valence-electron chi connectivity index (χ0n) is 16.3. The first kappa shape index (κ1) is 20.1. The van der Waals surface area contributed by atoms with Crippen LogP contribution in [0.4, 0.5) is 0 Å². The zero-order chi connectivity index (χ0) is 21.5. The summed E-state index contributed by atoms with van der Waals surface area (Å²) in [6.07, 6.45) is 0.457. The van der Waals surface area contributed by atoms with Crippen LogP contribution in [0.5, 0.6) is 5.75 Å². The van der Waals surface area contributed by atoms with Gasteiger partial charge >= 0.3 is 0 Å². The molecule has 0 aromatic heterocycles. The molecular formula is C21H20N2O6S. The number of carbonyl (C=O) groups is 3. The standard InChI is InChI=1S/C21H20N2O6S/c1-29-17-4-2-3-5-18(17)30(27,28)12-13-6-7-14-11-23(21(26)15(14)10-13)16-8-9-19(24)22-20(16)25/h2-7,10,16H,8-9,11-12H2,1H3,(H,22,24,25). The summed E-state index contributed by atoms with van der Waals surface area (Å²) in [5.41, 5.74) is 1.58. The normalized spacial score (nSPS) is 18.9. The van der Waals surface area contributed by atoms with Gasteiger partial charge in [-0.1, -0.05) is 24.3 Å². The van der Waals surface area contributed by atoms with Crippen LogP contribution in [0.2, 0.25) is 0 Å². The molecule has 1 saturated heterocycles. The minimum absolute atomic E-state index is 0.0875. The Morgan fingerprint density at radius 3 is 2.63 bits per heavy atom. The highest BCUT2D eigenvalue weighted by Gasteiger charge is 2.39. The number of methoxy groups -OCH3 is 1. The molecule has 1 unspecified atom stereocenters. The maximum Gasteiger partial charge on any atom is 0.255 e. The summed E-state index contributed by atoms with van der Waals surface area (Å²) in [4.78, 5) is 37.9. The third-order valence-electron chi connectivity index (χ3n) is 5.35. The van der Waals surface area contributed by atoms with E-state index in [4.69, 9.17) is 4.74 Å². The van der Waals surface area contributed by atoms with Crippen molar-refractivity contribution in [3.63, 3.8) is 0 Å². The average Bonchev–Trinajstić information content (AvgIpc) is 3.03. The summed E-state index contributed by atoms with van der Waals surface area (Å²) in [5, 5.41) is 2.26. The molecule has 0 radical (unpaired) electrons. The van der Waals surface area contributed by atoms with Crippen molar-refractivity contribution in [1.29, 1.82) is 0 Å². The van der Waals surface area contributed by atoms with Gasteiger partial charge in [0.25, 0.3) is 5.91 Å². The van der Waals surface area contributed by atoms with E-state index < -0.39 is 21.8 Å². The van der Waals surface area contributed by atoms with E-state index in [9.17, 15) is 22.8 Å². The molecular weight excluding hydrogens is 408 g/mol. The quantitative estimate of drug-likeness (QED) is 0.722. The van der Waals surface area contributed by atoms with Crippen molar-refractivity contribution in [2.45, 2.75) is 36.1 Å². The van der Waals surface area contributed by atoms with Crippen LogP contribution in [-0.2, 0) is 31.7 Å². The summed E-state index contributed by atoms with van der Waals surface area (Å²) in [6, 6.07) is 10.6. The number of nitrogens with one attached hydrogen (secondary N) is 1. The van der Waals surface area contributed by atoms with Crippen molar-refractivity contribution >= 4 is 27.6 Å². The van der Waals surface area contributed by atoms with Crippen LogP contribution < -0.4 is 10.1 Å². The number of sulfone groups is 1. The number of hydrogen-bond donors (Lipinski definition) is 1. The number of benzene rings is 2. The molecule has 4 rings (SSSR count). The summed E-state index contributed by atoms with van der Waals surface area (Å²) in [5.74, 6) is -1.18. The van der Waals surface area contributed by atoms with E-state index in [1.807, 2.05) is 0 Å². The van der Waals surface area contributed by atoms with Crippen molar-refractivity contribution in [3.8, 4) is 5.75 Å². The number of para-hydroxylation sites is 1. The van der Waals surface area contributed by atoms with Gasteiger partial charge in [-0.25, -0.2) is 8.42 Å². The second-order valence-electron chi connectivity index (χ2n) is 7.30. The Kier molecular flexibility index (Phi) is 5.07. The molecule has 8 nitrogen and oxygen atoms in total. The Bertz CT molecular complexity index is 1160. The maximum absolute atomic E-state index is 12.9. The van der Waals surface area contributed by atoms with Crippen molar-refractivity contribution in [2.75, 3.05) is 7.11 Å². The molecule has 1 N–H and O–H groups in total. The zero-order valence-corrected chi connectivity index (χ0v) is 17.1. The fourth-order valence-electron chi connectivity index (χ4n) is 3.86. The fraction of sp³-hybridized carbons (Fsp3) is 0.286. The number of rotatable bonds is 5. The van der Waals surface area contributed by atoms with Crippen LogP contribution in [0.1, 0.15) is 34.3 Å². The number of hydrogen-bond acceptors (Lipinski definition) is 6. The van der Waals surface area contributed by atoms with Gasteiger partial charge in [-0.05, 0) is 35.7 Å². The summed E-state index contributed by atoms with van der Waals surface area (Å²) < 4.78 is 30.9. The molecule has 2 aliphatic heterocycles. The van der Waals surface area contributed by atoms with E-state index >= 15 is 0 Å². The number of fused-ring (bicyclic) bond motifs is 1. The molecule has 2 aromatic rings. The van der Waals surface area contributed by atoms with E-state index in [0.29, 0.717) is 11.1 Å². The van der Waals surface area contributed by atoms with Gasteiger partial charge in [0.15, 0.2) is 9.84 Å². The average molecular weight is 428 g/mol. The Morgan fingerprint density at radius 1 is 1.13 bits per heavy atom. The van der Waals surface area contributed by atoms with Gasteiger partial charge < -0.3 is 9.64 Å². The van der Waals surface area contributed by atoms with E-state index in [1.54, 1.807) is 36.4 Å². The van der Waals surface area contributed by atoms with E-state index in [2.05, 4.69) is 5.32 Å². The summed E-state index contributed by atoms with van der Waals surface area (Å²) >= 11 is 0. The van der Waals surface area contributed by atoms with Gasteiger partial charge in [0.1, 0.15) is 16.7 Å². The van der Waals surface area contributed by atoms with E-state index in [-0.39, 0.29) is 47.6 Å². The van der Waals surface area contributed by atoms with E-state index in [1.165, 1.54) is 18.1 Å². The second kappa shape index (κ2) is 7.56. The van der Waals surface area contributed by atoms with Crippen LogP contribution >= 0.6 is 0 Å². The van der Waals surface area contributed by atoms with Gasteiger partial charge in [0.2, 0.25) is 11.8 Å². The van der Waals surface area contributed by atoms with Gasteiger partial charge in [-0.15, -0.1) is 0 Å². The molecule has 2 heterocycles. The van der Waals surface area contributed by atoms with Gasteiger partial charge in [0, 0.05) is 18.5 Å². The number of imide groups is 1. The van der Waals surface area contributed by atoms with Crippen LogP contribution in [0.15, 0.2) is 47.4 Å². The summed E-state index contributed by atoms with van der Waals surface area (Å²) in [6.45, 7) is 0.250. The first-order valence-electron chi connectivity index (χ1n) is 9.42. The SMILES string of the molecule is COc1ccccc1S(=O)(=O)Cc1ccc2c(c1)C(=O)N(C1CCC(=O)NC1=O)C2. The van der Waals surface area contributed by atoms with Crippen molar-refractivity contribution in [2.24, 2.45) is 0 Å². The third kappa shape index (κ3) is 3.56. The lowest BCUT2D eigenvalue weighted by Gasteiger charge is -2.29. The van der Waals surface area contributed by atoms with Crippen LogP contribution in [0.25, 0.3) is 0 Å². The van der Waals surface area contributed by atoms with Crippen molar-refractivity contribution in [1.82, 2.24) is 10.2 Å². The lowest BCUT2D eigenvalue weighted by molar-refractivity contribution is -0.136. The molecule has 3 amide bonds. The molecule has 156 valence electrons. The molecule has 1 fully saturated rings. The van der Waals surface area contributed by atoms with Crippen molar-refractivity contribution in [3.05, 3.63) is 59.2 Å². The first-order chi connectivity index (χ1) is 14.3. The fourth-order valence-corrected chi connectivity index (χ4v) is 5.38. The predicted octanol–water partition coefficient (Wildman–Crippen LogP) is 1.43. The highest BCUT2D eigenvalue weighted by Crippen LogP contribution is 2.30. The van der Waals surface area contributed by atoms with Crippen LogP contribution in [0, 0.1) is 0 Å². The third-order valence-corrected chi connectivity index (χ3v) is 7.07. The largest absolute Gasteiger partial charge is 0.495 e. The highest BCUT2D eigenvalue weighted by atomic mass is 32.2. The smallest absolute Gasteiger partial charge is 0.255 e. The van der Waals surface area contributed by atoms with Crippen LogP contribution in [0.3, 0.4) is 0 Å². The molecule has 0 spiro atoms. The molecule has 2 aromatic carbocycles. The number of ether oxygens (including phenoxy) is 1. The number of piperidine rings is 1. The molecule has 30 heavy (non-hydrogen) atoms. The minimum atomic E-state index is -3.69. The van der Waals surface area contributed by atoms with Crippen molar-refractivity contribution < 1.29 is 27.5 Å². The molecule has 0 saturated carbocycles. The number of carbonyl (C=O) groups excluding carboxylic acids is 3. The molecule has 9 heteroatoms. The van der Waals surface area contributed by atoms with Gasteiger partial charge in [0.05, 0.1) is 12.9 Å². The minimum Gasteiger partial charge on any atom is -0.495 e. The second-order valence-corrected chi connectivity index (χ2v) is 9.26. The monoisotopic (exact) mass is 428 g/mol. The van der Waals surface area contributed by atoms with Gasteiger partial charge in [-0.2, -0.15) is 0 Å². The molecule has 0 aliphatic carbocycles. The molecule has 1 atom stereocenters. The number of nitrogens with zero attached hydrogens (tertiary/aromatic N) is 1. The first-order valence-corrected chi connectivity index (χ1v) is 11.1. The predicted molar refractivity (Wildman–Crippen MR) is 106 cm³/mol.